The summed E-state index contributed by atoms with van der Waals surface area (Å²) in [6.07, 6.45) is 0. The van der Waals surface area contributed by atoms with Gasteiger partial charge >= 0.3 is 0 Å². The molecule has 140 valence electrons. The van der Waals surface area contributed by atoms with Crippen LogP contribution in [0.15, 0.2) is 53.0 Å². The van der Waals surface area contributed by atoms with E-state index in [9.17, 15) is 13.2 Å². The Kier molecular flexibility index (Phi) is 5.66. The van der Waals surface area contributed by atoms with Gasteiger partial charge in [-0.1, -0.05) is 40.2 Å². The van der Waals surface area contributed by atoms with Gasteiger partial charge in [0.25, 0.3) is 0 Å². The van der Waals surface area contributed by atoms with E-state index in [0.717, 1.165) is 4.47 Å². The second-order valence-corrected chi connectivity index (χ2v) is 8.90. The number of aromatic nitrogens is 4. The lowest BCUT2D eigenvalue weighted by atomic mass is 10.2. The minimum atomic E-state index is -3.60. The predicted molar refractivity (Wildman–Crippen MR) is 104 cm³/mol. The van der Waals surface area contributed by atoms with Gasteiger partial charge in [0.05, 0.1) is 5.75 Å². The summed E-state index contributed by atoms with van der Waals surface area (Å²) in [5, 5.41) is 13.9. The fourth-order valence-electron chi connectivity index (χ4n) is 2.54. The van der Waals surface area contributed by atoms with Crippen LogP contribution in [0.1, 0.15) is 5.56 Å². The van der Waals surface area contributed by atoms with Crippen LogP contribution in [0.25, 0.3) is 11.4 Å². The van der Waals surface area contributed by atoms with Crippen molar-refractivity contribution in [2.24, 2.45) is 7.05 Å². The zero-order valence-electron chi connectivity index (χ0n) is 14.3. The van der Waals surface area contributed by atoms with Gasteiger partial charge in [-0.3, -0.25) is 4.79 Å². The van der Waals surface area contributed by atoms with Crippen molar-refractivity contribution in [1.82, 2.24) is 20.2 Å². The Bertz CT molecular complexity index is 1080. The summed E-state index contributed by atoms with van der Waals surface area (Å²) >= 11 is 3.30. The maximum Gasteiger partial charge on any atom is 0.239 e. The second kappa shape index (κ2) is 7.97. The third-order valence-corrected chi connectivity index (χ3v) is 5.62. The minimum Gasteiger partial charge on any atom is -0.325 e. The molecule has 0 fully saturated rings. The molecule has 0 bridgehead atoms. The highest BCUT2D eigenvalue weighted by Gasteiger charge is 2.18. The summed E-state index contributed by atoms with van der Waals surface area (Å²) in [4.78, 5) is 12.2. The van der Waals surface area contributed by atoms with Crippen LogP contribution in [-0.4, -0.2) is 40.3 Å². The topological polar surface area (TPSA) is 107 Å². The molecule has 0 atom stereocenters. The highest BCUT2D eigenvalue weighted by atomic mass is 79.9. The lowest BCUT2D eigenvalue weighted by molar-refractivity contribution is -0.113. The lowest BCUT2D eigenvalue weighted by Crippen LogP contribution is -2.24. The van der Waals surface area contributed by atoms with Crippen molar-refractivity contribution < 1.29 is 13.2 Å². The molecule has 0 spiro atoms. The summed E-state index contributed by atoms with van der Waals surface area (Å²) in [6, 6.07) is 13.9. The third-order valence-electron chi connectivity index (χ3n) is 3.65. The van der Waals surface area contributed by atoms with Crippen LogP contribution in [0.5, 0.6) is 0 Å². The van der Waals surface area contributed by atoms with E-state index in [0.29, 0.717) is 22.6 Å². The lowest BCUT2D eigenvalue weighted by Gasteiger charge is -2.08. The van der Waals surface area contributed by atoms with Gasteiger partial charge in [0.2, 0.25) is 5.91 Å². The number of amides is 1. The van der Waals surface area contributed by atoms with E-state index < -0.39 is 21.5 Å². The van der Waals surface area contributed by atoms with Crippen molar-refractivity contribution in [3.05, 3.63) is 58.6 Å². The monoisotopic (exact) mass is 449 g/mol. The maximum absolute atomic E-state index is 12.3. The zero-order chi connectivity index (χ0) is 19.4. The van der Waals surface area contributed by atoms with Crippen LogP contribution in [0, 0.1) is 0 Å². The summed E-state index contributed by atoms with van der Waals surface area (Å²) < 4.78 is 26.9. The minimum absolute atomic E-state index is 0.204. The summed E-state index contributed by atoms with van der Waals surface area (Å²) in [5.41, 5.74) is 1.80. The molecule has 0 radical (unpaired) electrons. The first-order valence-corrected chi connectivity index (χ1v) is 10.5. The number of nitrogens with zero attached hydrogens (tertiary/aromatic N) is 4. The Morgan fingerprint density at radius 2 is 1.96 bits per heavy atom. The smallest absolute Gasteiger partial charge is 0.239 e. The number of halogens is 1. The number of aryl methyl sites for hydroxylation is 1. The highest BCUT2D eigenvalue weighted by molar-refractivity contribution is 9.10. The molecule has 0 aliphatic rings. The second-order valence-electron chi connectivity index (χ2n) is 5.92. The molecule has 1 N–H and O–H groups in total. The summed E-state index contributed by atoms with van der Waals surface area (Å²) in [7, 11) is -1.90. The Morgan fingerprint density at radius 3 is 2.67 bits per heavy atom. The molecule has 1 heterocycles. The molecule has 1 amide bonds. The van der Waals surface area contributed by atoms with Gasteiger partial charge in [0, 0.05) is 22.8 Å². The number of sulfone groups is 1. The molecule has 8 nitrogen and oxygen atoms in total. The predicted octanol–water partition coefficient (Wildman–Crippen LogP) is 2.19. The van der Waals surface area contributed by atoms with Crippen LogP contribution in [0.2, 0.25) is 0 Å². The van der Waals surface area contributed by atoms with E-state index in [1.54, 1.807) is 49.5 Å². The molecule has 0 aliphatic heterocycles. The molecule has 0 saturated carbocycles. The van der Waals surface area contributed by atoms with Gasteiger partial charge in [-0.25, -0.2) is 13.1 Å². The molecule has 0 aliphatic carbocycles. The fraction of sp³-hybridized carbons (Fsp3) is 0.176. The van der Waals surface area contributed by atoms with E-state index >= 15 is 0 Å². The van der Waals surface area contributed by atoms with Crippen molar-refractivity contribution in [1.29, 1.82) is 0 Å². The van der Waals surface area contributed by atoms with E-state index in [2.05, 4.69) is 36.8 Å². The molecular formula is C17H16BrN5O3S. The number of tetrazole rings is 1. The van der Waals surface area contributed by atoms with Crippen LogP contribution in [-0.2, 0) is 27.4 Å². The van der Waals surface area contributed by atoms with Crippen molar-refractivity contribution in [3.8, 4) is 11.4 Å². The molecule has 0 unspecified atom stereocenters. The van der Waals surface area contributed by atoms with Crippen LogP contribution in [0.4, 0.5) is 5.69 Å². The van der Waals surface area contributed by atoms with E-state index in [4.69, 9.17) is 0 Å². The third kappa shape index (κ3) is 5.20. The van der Waals surface area contributed by atoms with Gasteiger partial charge < -0.3 is 5.32 Å². The Morgan fingerprint density at radius 1 is 1.19 bits per heavy atom. The molecule has 0 saturated heterocycles. The molecular weight excluding hydrogens is 434 g/mol. The maximum atomic E-state index is 12.3. The van der Waals surface area contributed by atoms with Crippen molar-refractivity contribution >= 4 is 37.4 Å². The number of carbonyl (C=O) groups excluding carboxylic acids is 1. The van der Waals surface area contributed by atoms with Gasteiger partial charge in [0.15, 0.2) is 15.7 Å². The average Bonchev–Trinajstić information content (AvgIpc) is 3.00. The number of nitrogens with one attached hydrogen (secondary N) is 1. The van der Waals surface area contributed by atoms with Gasteiger partial charge in [0.1, 0.15) is 5.75 Å². The van der Waals surface area contributed by atoms with E-state index in [1.807, 2.05) is 6.07 Å². The Balaban J connectivity index is 1.68. The number of benzene rings is 2. The van der Waals surface area contributed by atoms with Crippen LogP contribution in [0.3, 0.4) is 0 Å². The van der Waals surface area contributed by atoms with E-state index in [-0.39, 0.29) is 5.75 Å². The van der Waals surface area contributed by atoms with Gasteiger partial charge in [-0.05, 0) is 40.3 Å². The van der Waals surface area contributed by atoms with Crippen LogP contribution < -0.4 is 5.32 Å². The molecule has 10 heteroatoms. The Hall–Kier alpha value is -2.59. The highest BCUT2D eigenvalue weighted by Crippen LogP contribution is 2.20. The summed E-state index contributed by atoms with van der Waals surface area (Å²) in [6.45, 7) is 0. The standard InChI is InChI=1S/C17H16BrN5O3S/c1-23-17(20-21-22-23)13-5-3-7-15(9-13)19-16(24)11-27(25,26)10-12-4-2-6-14(18)8-12/h2-9H,10-11H2,1H3,(H,19,24). The Labute approximate surface area is 164 Å². The molecule has 2 aromatic carbocycles. The quantitative estimate of drug-likeness (QED) is 0.617. The van der Waals surface area contributed by atoms with E-state index in [1.165, 1.54) is 4.68 Å². The number of anilines is 1. The van der Waals surface area contributed by atoms with Crippen molar-refractivity contribution in [2.45, 2.75) is 5.75 Å². The SMILES string of the molecule is Cn1nnnc1-c1cccc(NC(=O)CS(=O)(=O)Cc2cccc(Br)c2)c1. The largest absolute Gasteiger partial charge is 0.325 e. The number of carbonyl (C=O) groups is 1. The molecule has 1 aromatic heterocycles. The first kappa shape index (κ1) is 19.2. The number of hydrogen-bond acceptors (Lipinski definition) is 6. The zero-order valence-corrected chi connectivity index (χ0v) is 16.7. The van der Waals surface area contributed by atoms with Gasteiger partial charge in [-0.15, -0.1) is 5.10 Å². The van der Waals surface area contributed by atoms with Crippen LogP contribution >= 0.6 is 15.9 Å². The van der Waals surface area contributed by atoms with Gasteiger partial charge in [-0.2, -0.15) is 0 Å². The van der Waals surface area contributed by atoms with Crippen molar-refractivity contribution in [2.75, 3.05) is 11.1 Å². The number of rotatable bonds is 6. The molecule has 27 heavy (non-hydrogen) atoms. The summed E-state index contributed by atoms with van der Waals surface area (Å²) in [5.74, 6) is -0.869. The number of hydrogen-bond donors (Lipinski definition) is 1. The first-order chi connectivity index (χ1) is 12.8. The fourth-order valence-corrected chi connectivity index (χ4v) is 4.25. The normalized spacial score (nSPS) is 11.3. The average molecular weight is 450 g/mol. The van der Waals surface area contributed by atoms with Crippen molar-refractivity contribution in [3.63, 3.8) is 0 Å². The molecule has 3 rings (SSSR count). The first-order valence-electron chi connectivity index (χ1n) is 7.90. The molecule has 3 aromatic rings.